The quantitative estimate of drug-likeness (QED) is 0.585. The van der Waals surface area contributed by atoms with Gasteiger partial charge in [0.1, 0.15) is 13.0 Å². The molecule has 0 atom stereocenters. The van der Waals surface area contributed by atoms with E-state index in [1.165, 1.54) is 0 Å². The molecule has 0 aliphatic carbocycles. The standard InChI is InChI=1S/C15H14ClN4OP/c1-22(2,21)14-10-4-3-8-17-11(10)5-6-12(14)19-13-7-9-18-15(16)20-13/h3-9H,1-2H3,(H,18,19,20). The highest BCUT2D eigenvalue weighted by Gasteiger charge is 2.20. The summed E-state index contributed by atoms with van der Waals surface area (Å²) in [6.07, 6.45) is 3.29. The van der Waals surface area contributed by atoms with E-state index in [1.807, 2.05) is 24.3 Å². The number of benzene rings is 1. The molecule has 0 aliphatic rings. The van der Waals surface area contributed by atoms with Crippen molar-refractivity contribution >= 4 is 46.5 Å². The summed E-state index contributed by atoms with van der Waals surface area (Å²) in [4.78, 5) is 12.3. The summed E-state index contributed by atoms with van der Waals surface area (Å²) in [5.41, 5.74) is 1.55. The molecule has 5 nitrogen and oxygen atoms in total. The first-order chi connectivity index (χ1) is 10.4. The molecule has 0 radical (unpaired) electrons. The Labute approximate surface area is 133 Å². The van der Waals surface area contributed by atoms with Crippen LogP contribution in [0.3, 0.4) is 0 Å². The van der Waals surface area contributed by atoms with Crippen LogP contribution in [0.5, 0.6) is 0 Å². The Balaban J connectivity index is 2.19. The zero-order valence-corrected chi connectivity index (χ0v) is 13.8. The average molecular weight is 333 g/mol. The van der Waals surface area contributed by atoms with Crippen molar-refractivity contribution < 1.29 is 4.57 Å². The van der Waals surface area contributed by atoms with Gasteiger partial charge in [-0.2, -0.15) is 0 Å². The molecule has 112 valence electrons. The lowest BCUT2D eigenvalue weighted by atomic mass is 10.2. The van der Waals surface area contributed by atoms with E-state index in [0.717, 1.165) is 21.9 Å². The number of rotatable bonds is 3. The molecule has 2 aromatic heterocycles. The van der Waals surface area contributed by atoms with Gasteiger partial charge >= 0.3 is 0 Å². The van der Waals surface area contributed by atoms with Crippen molar-refractivity contribution in [3.05, 3.63) is 48.0 Å². The van der Waals surface area contributed by atoms with Crippen molar-refractivity contribution in [2.75, 3.05) is 18.6 Å². The van der Waals surface area contributed by atoms with Crippen LogP contribution >= 0.6 is 18.7 Å². The molecule has 22 heavy (non-hydrogen) atoms. The van der Waals surface area contributed by atoms with E-state index >= 15 is 0 Å². The normalized spacial score (nSPS) is 11.6. The Kier molecular flexibility index (Phi) is 3.85. The van der Waals surface area contributed by atoms with Crippen LogP contribution in [0.15, 0.2) is 42.7 Å². The van der Waals surface area contributed by atoms with Gasteiger partial charge in [-0.25, -0.2) is 9.97 Å². The molecule has 3 aromatic rings. The third kappa shape index (κ3) is 2.96. The fourth-order valence-electron chi connectivity index (χ4n) is 2.36. The first-order valence-electron chi connectivity index (χ1n) is 6.64. The number of hydrogen-bond donors (Lipinski definition) is 1. The van der Waals surface area contributed by atoms with Crippen molar-refractivity contribution in [2.24, 2.45) is 0 Å². The monoisotopic (exact) mass is 332 g/mol. The fourth-order valence-corrected chi connectivity index (χ4v) is 3.99. The summed E-state index contributed by atoms with van der Waals surface area (Å²) in [5, 5.41) is 4.97. The van der Waals surface area contributed by atoms with E-state index in [2.05, 4.69) is 20.3 Å². The first-order valence-corrected chi connectivity index (χ1v) is 9.62. The molecule has 0 saturated heterocycles. The summed E-state index contributed by atoms with van der Waals surface area (Å²) in [7, 11) is -2.53. The minimum absolute atomic E-state index is 0.158. The van der Waals surface area contributed by atoms with Crippen LogP contribution in [0.4, 0.5) is 11.5 Å². The van der Waals surface area contributed by atoms with Crippen molar-refractivity contribution in [1.82, 2.24) is 15.0 Å². The van der Waals surface area contributed by atoms with Crippen LogP contribution < -0.4 is 10.6 Å². The largest absolute Gasteiger partial charge is 0.339 e. The maximum atomic E-state index is 12.8. The number of hydrogen-bond acceptors (Lipinski definition) is 5. The molecule has 0 aliphatic heterocycles. The van der Waals surface area contributed by atoms with Crippen LogP contribution in [0.25, 0.3) is 10.9 Å². The maximum Gasteiger partial charge on any atom is 0.224 e. The van der Waals surface area contributed by atoms with Gasteiger partial charge < -0.3 is 9.88 Å². The predicted octanol–water partition coefficient (Wildman–Crippen LogP) is 3.67. The highest BCUT2D eigenvalue weighted by molar-refractivity contribution is 7.71. The lowest BCUT2D eigenvalue weighted by Crippen LogP contribution is -2.12. The SMILES string of the molecule is CP(C)(=O)c1c(Nc2ccnc(Cl)n2)ccc2ncccc12. The number of fused-ring (bicyclic) bond motifs is 1. The Morgan fingerprint density at radius 3 is 2.64 bits per heavy atom. The molecule has 1 N–H and O–H groups in total. The van der Waals surface area contributed by atoms with Crippen molar-refractivity contribution in [3.63, 3.8) is 0 Å². The Morgan fingerprint density at radius 1 is 1.09 bits per heavy atom. The van der Waals surface area contributed by atoms with Crippen LogP contribution in [-0.4, -0.2) is 28.3 Å². The zero-order valence-electron chi connectivity index (χ0n) is 12.1. The van der Waals surface area contributed by atoms with Gasteiger partial charge in [0.15, 0.2) is 0 Å². The van der Waals surface area contributed by atoms with Gasteiger partial charge in [0.2, 0.25) is 5.28 Å². The number of anilines is 2. The molecule has 0 spiro atoms. The molecule has 0 amide bonds. The number of nitrogens with zero attached hydrogens (tertiary/aromatic N) is 3. The topological polar surface area (TPSA) is 67.8 Å². The summed E-state index contributed by atoms with van der Waals surface area (Å²) < 4.78 is 12.8. The highest BCUT2D eigenvalue weighted by atomic mass is 35.5. The third-order valence-electron chi connectivity index (χ3n) is 3.18. The van der Waals surface area contributed by atoms with E-state index in [9.17, 15) is 4.57 Å². The lowest BCUT2D eigenvalue weighted by molar-refractivity contribution is 0.588. The molecule has 0 saturated carbocycles. The van der Waals surface area contributed by atoms with Gasteiger partial charge in [0.25, 0.3) is 0 Å². The Bertz CT molecular complexity index is 894. The van der Waals surface area contributed by atoms with Crippen molar-refractivity contribution in [2.45, 2.75) is 0 Å². The number of pyridine rings is 1. The van der Waals surface area contributed by atoms with Crippen LogP contribution in [-0.2, 0) is 4.57 Å². The second-order valence-electron chi connectivity index (χ2n) is 5.22. The van der Waals surface area contributed by atoms with E-state index in [0.29, 0.717) is 5.82 Å². The summed E-state index contributed by atoms with van der Waals surface area (Å²) in [6, 6.07) is 9.22. The number of halogens is 1. The molecule has 3 rings (SSSR count). The minimum atomic E-state index is -2.53. The van der Waals surface area contributed by atoms with Gasteiger partial charge in [0.05, 0.1) is 11.2 Å². The number of aromatic nitrogens is 3. The van der Waals surface area contributed by atoms with Crippen LogP contribution in [0.2, 0.25) is 5.28 Å². The van der Waals surface area contributed by atoms with Crippen LogP contribution in [0, 0.1) is 0 Å². The van der Waals surface area contributed by atoms with Crippen molar-refractivity contribution in [3.8, 4) is 0 Å². The Hall–Kier alpha value is -1.97. The molecule has 7 heteroatoms. The maximum absolute atomic E-state index is 12.8. The molecule has 0 fully saturated rings. The third-order valence-corrected chi connectivity index (χ3v) is 4.92. The Morgan fingerprint density at radius 2 is 1.91 bits per heavy atom. The molecular formula is C15H14ClN4OP. The smallest absolute Gasteiger partial charge is 0.224 e. The lowest BCUT2D eigenvalue weighted by Gasteiger charge is -2.17. The average Bonchev–Trinajstić information content (AvgIpc) is 2.45. The molecule has 0 unspecified atom stereocenters. The van der Waals surface area contributed by atoms with Gasteiger partial charge in [-0.15, -0.1) is 0 Å². The van der Waals surface area contributed by atoms with E-state index in [4.69, 9.17) is 11.6 Å². The number of nitrogens with one attached hydrogen (secondary N) is 1. The molecule has 0 bridgehead atoms. The predicted molar refractivity (Wildman–Crippen MR) is 91.2 cm³/mol. The zero-order chi connectivity index (χ0) is 15.7. The van der Waals surface area contributed by atoms with Gasteiger partial charge in [0, 0.05) is 23.1 Å². The van der Waals surface area contributed by atoms with E-state index in [1.54, 1.807) is 31.8 Å². The van der Waals surface area contributed by atoms with Crippen molar-refractivity contribution in [1.29, 1.82) is 0 Å². The van der Waals surface area contributed by atoms with E-state index < -0.39 is 7.14 Å². The van der Waals surface area contributed by atoms with Crippen LogP contribution in [0.1, 0.15) is 0 Å². The molecule has 1 aromatic carbocycles. The highest BCUT2D eigenvalue weighted by Crippen LogP contribution is 2.41. The molecule has 2 heterocycles. The fraction of sp³-hybridized carbons (Fsp3) is 0.133. The minimum Gasteiger partial charge on any atom is -0.339 e. The second kappa shape index (κ2) is 5.67. The summed E-state index contributed by atoms with van der Waals surface area (Å²) in [6.45, 7) is 3.49. The van der Waals surface area contributed by atoms with Gasteiger partial charge in [-0.1, -0.05) is 6.07 Å². The van der Waals surface area contributed by atoms with Gasteiger partial charge in [-0.05, 0) is 49.2 Å². The summed E-state index contributed by atoms with van der Waals surface area (Å²) in [5.74, 6) is 0.554. The first kappa shape index (κ1) is 14.9. The molecular weight excluding hydrogens is 319 g/mol. The van der Waals surface area contributed by atoms with Gasteiger partial charge in [-0.3, -0.25) is 4.98 Å². The summed E-state index contributed by atoms with van der Waals surface area (Å²) >= 11 is 5.81. The van der Waals surface area contributed by atoms with E-state index in [-0.39, 0.29) is 5.28 Å². The second-order valence-corrected chi connectivity index (χ2v) is 8.71.